The highest BCUT2D eigenvalue weighted by molar-refractivity contribution is 6.39. The fourth-order valence-electron chi connectivity index (χ4n) is 2.45. The number of esters is 1. The Kier molecular flexibility index (Phi) is 7.55. The molecule has 162 valence electrons. The maximum atomic E-state index is 12.2. The molecule has 0 saturated heterocycles. The van der Waals surface area contributed by atoms with Crippen molar-refractivity contribution in [2.75, 3.05) is 12.4 Å². The maximum absolute atomic E-state index is 12.2. The molecule has 0 aliphatic heterocycles. The second kappa shape index (κ2) is 10.7. The van der Waals surface area contributed by atoms with Crippen LogP contribution in [0.15, 0.2) is 77.9 Å². The summed E-state index contributed by atoms with van der Waals surface area (Å²) in [7, 11) is 1.54. The van der Waals surface area contributed by atoms with E-state index in [1.807, 2.05) is 0 Å². The zero-order valence-electron chi connectivity index (χ0n) is 16.9. The molecular formula is C23H18ClN3O5. The summed E-state index contributed by atoms with van der Waals surface area (Å²) >= 11 is 5.77. The van der Waals surface area contributed by atoms with Crippen LogP contribution in [0.4, 0.5) is 5.69 Å². The lowest BCUT2D eigenvalue weighted by molar-refractivity contribution is -0.136. The maximum Gasteiger partial charge on any atom is 0.343 e. The zero-order valence-corrected chi connectivity index (χ0v) is 17.6. The normalized spacial score (nSPS) is 10.4. The Labute approximate surface area is 188 Å². The Bertz CT molecular complexity index is 1130. The van der Waals surface area contributed by atoms with Gasteiger partial charge >= 0.3 is 17.8 Å². The number of carbonyl (C=O) groups excluding carboxylic acids is 3. The monoisotopic (exact) mass is 451 g/mol. The van der Waals surface area contributed by atoms with E-state index in [0.717, 1.165) is 0 Å². The number of amides is 2. The first-order valence-electron chi connectivity index (χ1n) is 9.31. The summed E-state index contributed by atoms with van der Waals surface area (Å²) in [6.07, 6.45) is 1.35. The molecule has 3 aromatic rings. The number of hydrogen-bond donors (Lipinski definition) is 2. The number of halogens is 1. The number of nitrogens with one attached hydrogen (secondary N) is 2. The van der Waals surface area contributed by atoms with Crippen molar-refractivity contribution in [2.45, 2.75) is 0 Å². The fourth-order valence-corrected chi connectivity index (χ4v) is 2.58. The summed E-state index contributed by atoms with van der Waals surface area (Å²) < 4.78 is 10.4. The van der Waals surface area contributed by atoms with E-state index in [4.69, 9.17) is 21.1 Å². The quantitative estimate of drug-likeness (QED) is 0.195. The Morgan fingerprint density at radius 1 is 0.844 bits per heavy atom. The van der Waals surface area contributed by atoms with Gasteiger partial charge in [0.15, 0.2) is 0 Å². The van der Waals surface area contributed by atoms with E-state index in [-0.39, 0.29) is 0 Å². The van der Waals surface area contributed by atoms with E-state index in [2.05, 4.69) is 15.8 Å². The lowest BCUT2D eigenvalue weighted by Crippen LogP contribution is -2.32. The lowest BCUT2D eigenvalue weighted by atomic mass is 10.2. The molecule has 0 fully saturated rings. The minimum atomic E-state index is -0.929. The van der Waals surface area contributed by atoms with Gasteiger partial charge in [-0.15, -0.1) is 0 Å². The smallest absolute Gasteiger partial charge is 0.343 e. The predicted molar refractivity (Wildman–Crippen MR) is 120 cm³/mol. The SMILES string of the molecule is COc1ccc(C(=O)Oc2ccc(/C=N\NC(=O)C(=O)Nc3ccc(Cl)cc3)cc2)cc1. The van der Waals surface area contributed by atoms with Gasteiger partial charge in [0.25, 0.3) is 0 Å². The number of anilines is 1. The second-order valence-electron chi connectivity index (χ2n) is 6.35. The van der Waals surface area contributed by atoms with Crippen molar-refractivity contribution < 1.29 is 23.9 Å². The van der Waals surface area contributed by atoms with E-state index in [0.29, 0.717) is 33.3 Å². The van der Waals surface area contributed by atoms with Crippen LogP contribution in [0.25, 0.3) is 0 Å². The third-order valence-electron chi connectivity index (χ3n) is 4.10. The summed E-state index contributed by atoms with van der Waals surface area (Å²) in [5.74, 6) is -1.33. The fraction of sp³-hybridized carbons (Fsp3) is 0.0435. The first-order chi connectivity index (χ1) is 15.4. The van der Waals surface area contributed by atoms with Crippen LogP contribution in [-0.4, -0.2) is 31.1 Å². The minimum absolute atomic E-state index is 0.342. The van der Waals surface area contributed by atoms with Crippen molar-refractivity contribution in [3.63, 3.8) is 0 Å². The van der Waals surface area contributed by atoms with Crippen molar-refractivity contribution in [3.05, 3.63) is 88.9 Å². The molecule has 0 radical (unpaired) electrons. The summed E-state index contributed by atoms with van der Waals surface area (Å²) in [5, 5.41) is 6.68. The first-order valence-corrected chi connectivity index (χ1v) is 9.68. The molecule has 3 rings (SSSR count). The van der Waals surface area contributed by atoms with Crippen molar-refractivity contribution in [1.29, 1.82) is 0 Å². The molecule has 0 atom stereocenters. The molecule has 0 saturated carbocycles. The molecule has 9 heteroatoms. The van der Waals surface area contributed by atoms with Gasteiger partial charge in [0.05, 0.1) is 18.9 Å². The van der Waals surface area contributed by atoms with Crippen LogP contribution < -0.4 is 20.2 Å². The number of ether oxygens (including phenoxy) is 2. The molecule has 0 unspecified atom stereocenters. The molecule has 3 aromatic carbocycles. The van der Waals surface area contributed by atoms with E-state index in [1.54, 1.807) is 79.9 Å². The highest BCUT2D eigenvalue weighted by Crippen LogP contribution is 2.16. The Balaban J connectivity index is 1.49. The molecule has 2 N–H and O–H groups in total. The summed E-state index contributed by atoms with van der Waals surface area (Å²) in [6.45, 7) is 0. The Hall–Kier alpha value is -4.17. The van der Waals surface area contributed by atoms with Crippen LogP contribution >= 0.6 is 11.6 Å². The van der Waals surface area contributed by atoms with Gasteiger partial charge in [-0.25, -0.2) is 10.2 Å². The first kappa shape index (κ1) is 22.5. The minimum Gasteiger partial charge on any atom is -0.497 e. The van der Waals surface area contributed by atoms with Crippen LogP contribution in [0.3, 0.4) is 0 Å². The molecule has 8 nitrogen and oxygen atoms in total. The molecule has 32 heavy (non-hydrogen) atoms. The van der Waals surface area contributed by atoms with E-state index >= 15 is 0 Å². The van der Waals surface area contributed by atoms with Gasteiger partial charge < -0.3 is 14.8 Å². The predicted octanol–water partition coefficient (Wildman–Crippen LogP) is 3.66. The topological polar surface area (TPSA) is 106 Å². The van der Waals surface area contributed by atoms with Crippen molar-refractivity contribution in [1.82, 2.24) is 5.43 Å². The van der Waals surface area contributed by atoms with Crippen LogP contribution in [-0.2, 0) is 9.59 Å². The number of nitrogens with zero attached hydrogens (tertiary/aromatic N) is 1. The average Bonchev–Trinajstić information content (AvgIpc) is 2.81. The van der Waals surface area contributed by atoms with Crippen LogP contribution in [0.1, 0.15) is 15.9 Å². The largest absolute Gasteiger partial charge is 0.497 e. The van der Waals surface area contributed by atoms with Crippen LogP contribution in [0, 0.1) is 0 Å². The highest BCUT2D eigenvalue weighted by atomic mass is 35.5. The Morgan fingerprint density at radius 2 is 1.47 bits per heavy atom. The van der Waals surface area contributed by atoms with Gasteiger partial charge in [0.2, 0.25) is 0 Å². The average molecular weight is 452 g/mol. The number of benzene rings is 3. The summed E-state index contributed by atoms with van der Waals surface area (Å²) in [6, 6.07) is 19.3. The molecule has 0 aliphatic rings. The molecule has 0 spiro atoms. The molecule has 0 aliphatic carbocycles. The lowest BCUT2D eigenvalue weighted by Gasteiger charge is -2.05. The number of hydrazone groups is 1. The van der Waals surface area contributed by atoms with E-state index in [9.17, 15) is 14.4 Å². The number of carbonyl (C=O) groups is 3. The highest BCUT2D eigenvalue weighted by Gasteiger charge is 2.13. The third-order valence-corrected chi connectivity index (χ3v) is 4.36. The molecule has 2 amide bonds. The van der Waals surface area contributed by atoms with Crippen molar-refractivity contribution >= 4 is 41.3 Å². The van der Waals surface area contributed by atoms with Crippen molar-refractivity contribution in [3.8, 4) is 11.5 Å². The Morgan fingerprint density at radius 3 is 2.09 bits per heavy atom. The van der Waals surface area contributed by atoms with Gasteiger partial charge in [0, 0.05) is 10.7 Å². The standard InChI is InChI=1S/C23H18ClN3O5/c1-31-19-12-4-16(5-13-19)23(30)32-20-10-2-15(3-11-20)14-25-27-22(29)21(28)26-18-8-6-17(24)7-9-18/h2-14H,1H3,(H,26,28)(H,27,29)/b25-14-. The number of hydrogen-bond acceptors (Lipinski definition) is 6. The van der Waals surface area contributed by atoms with Crippen LogP contribution in [0.5, 0.6) is 11.5 Å². The van der Waals surface area contributed by atoms with Gasteiger partial charge in [-0.3, -0.25) is 9.59 Å². The molecular weight excluding hydrogens is 434 g/mol. The van der Waals surface area contributed by atoms with Gasteiger partial charge in [-0.2, -0.15) is 5.10 Å². The van der Waals surface area contributed by atoms with Gasteiger partial charge in [-0.1, -0.05) is 11.6 Å². The summed E-state index contributed by atoms with van der Waals surface area (Å²) in [5.41, 5.74) is 3.57. The molecule has 0 bridgehead atoms. The molecule has 0 heterocycles. The zero-order chi connectivity index (χ0) is 22.9. The van der Waals surface area contributed by atoms with Gasteiger partial charge in [-0.05, 0) is 78.4 Å². The van der Waals surface area contributed by atoms with Gasteiger partial charge in [0.1, 0.15) is 11.5 Å². The van der Waals surface area contributed by atoms with Crippen LogP contribution in [0.2, 0.25) is 5.02 Å². The van der Waals surface area contributed by atoms with E-state index in [1.165, 1.54) is 6.21 Å². The third kappa shape index (κ3) is 6.41. The molecule has 0 aromatic heterocycles. The second-order valence-corrected chi connectivity index (χ2v) is 6.78. The summed E-state index contributed by atoms with van der Waals surface area (Å²) in [4.78, 5) is 35.9. The van der Waals surface area contributed by atoms with E-state index < -0.39 is 17.8 Å². The van der Waals surface area contributed by atoms with Crippen molar-refractivity contribution in [2.24, 2.45) is 5.10 Å². The number of methoxy groups -OCH3 is 1. The number of rotatable bonds is 6.